The zero-order valence-electron chi connectivity index (χ0n) is 8.43. The summed E-state index contributed by atoms with van der Waals surface area (Å²) in [5.41, 5.74) is 0. The third-order valence-corrected chi connectivity index (χ3v) is 5.44. The fourth-order valence-corrected chi connectivity index (χ4v) is 4.53. The van der Waals surface area contributed by atoms with E-state index in [4.69, 9.17) is 17.0 Å². The molecular formula is C11H12OS3. The molecule has 0 radical (unpaired) electrons. The van der Waals surface area contributed by atoms with Crippen molar-refractivity contribution in [1.29, 1.82) is 0 Å². The lowest BCUT2D eigenvalue weighted by Gasteiger charge is -2.21. The van der Waals surface area contributed by atoms with Crippen molar-refractivity contribution in [2.24, 2.45) is 0 Å². The Hall–Kier alpha value is -0.190. The topological polar surface area (TPSA) is 9.23 Å². The average Bonchev–Trinajstić information content (AvgIpc) is 2.58. The summed E-state index contributed by atoms with van der Waals surface area (Å²) in [6, 6.07) is 9.92. The number of thiocarbonyl (C=S) groups is 1. The van der Waals surface area contributed by atoms with Gasteiger partial charge in [-0.1, -0.05) is 42.2 Å². The van der Waals surface area contributed by atoms with Gasteiger partial charge >= 0.3 is 0 Å². The summed E-state index contributed by atoms with van der Waals surface area (Å²) in [7, 11) is 0. The fourth-order valence-electron chi connectivity index (χ4n) is 1.30. The van der Waals surface area contributed by atoms with E-state index in [0.29, 0.717) is 0 Å². The van der Waals surface area contributed by atoms with E-state index in [1.165, 1.54) is 0 Å². The number of rotatable bonds is 3. The van der Waals surface area contributed by atoms with Crippen molar-refractivity contribution in [1.82, 2.24) is 0 Å². The van der Waals surface area contributed by atoms with Gasteiger partial charge in [-0.2, -0.15) is 0 Å². The highest BCUT2D eigenvalue weighted by atomic mass is 32.2. The van der Waals surface area contributed by atoms with Crippen LogP contribution in [0.15, 0.2) is 30.3 Å². The molecule has 1 atom stereocenters. The molecule has 0 bridgehead atoms. The summed E-state index contributed by atoms with van der Waals surface area (Å²) >= 11 is 8.68. The van der Waals surface area contributed by atoms with Crippen molar-refractivity contribution in [2.45, 2.75) is 11.7 Å². The lowest BCUT2D eigenvalue weighted by Crippen LogP contribution is -2.28. The lowest BCUT2D eigenvalue weighted by atomic mass is 10.2. The number of hydrogen-bond donors (Lipinski definition) is 0. The van der Waals surface area contributed by atoms with Crippen molar-refractivity contribution >= 4 is 39.3 Å². The highest BCUT2D eigenvalue weighted by molar-refractivity contribution is 8.49. The maximum Gasteiger partial charge on any atom is 0.119 e. The van der Waals surface area contributed by atoms with Gasteiger partial charge in [0.05, 0.1) is 4.75 Å². The normalized spacial score (nSPS) is 25.5. The van der Waals surface area contributed by atoms with Crippen LogP contribution in [0, 0.1) is 0 Å². The molecule has 0 amide bonds. The van der Waals surface area contributed by atoms with E-state index in [-0.39, 0.29) is 4.75 Å². The van der Waals surface area contributed by atoms with E-state index >= 15 is 0 Å². The van der Waals surface area contributed by atoms with Crippen molar-refractivity contribution < 1.29 is 4.74 Å². The van der Waals surface area contributed by atoms with Crippen LogP contribution in [-0.4, -0.2) is 20.6 Å². The molecular weight excluding hydrogens is 244 g/mol. The minimum absolute atomic E-state index is 0.136. The standard InChI is InChI=1S/C11H12OS3/c1-11(8-14-10(13)15-11)7-12-9-5-3-2-4-6-9/h2-6H,7-8H2,1H3. The van der Waals surface area contributed by atoms with E-state index in [1.807, 2.05) is 30.3 Å². The predicted octanol–water partition coefficient (Wildman–Crippen LogP) is 3.59. The second kappa shape index (κ2) is 4.76. The van der Waals surface area contributed by atoms with Crippen LogP contribution >= 0.6 is 35.7 Å². The summed E-state index contributed by atoms with van der Waals surface area (Å²) < 4.78 is 6.92. The highest BCUT2D eigenvalue weighted by Crippen LogP contribution is 2.42. The molecule has 1 saturated heterocycles. The van der Waals surface area contributed by atoms with Crippen LogP contribution in [-0.2, 0) is 0 Å². The first-order valence-corrected chi connectivity index (χ1v) is 6.93. The highest BCUT2D eigenvalue weighted by Gasteiger charge is 2.34. The van der Waals surface area contributed by atoms with Gasteiger partial charge < -0.3 is 4.74 Å². The van der Waals surface area contributed by atoms with Crippen LogP contribution in [0.25, 0.3) is 0 Å². The summed E-state index contributed by atoms with van der Waals surface area (Å²) in [5, 5.41) is 0. The quantitative estimate of drug-likeness (QED) is 0.764. The smallest absolute Gasteiger partial charge is 0.119 e. The van der Waals surface area contributed by atoms with E-state index < -0.39 is 0 Å². The molecule has 1 unspecified atom stereocenters. The van der Waals surface area contributed by atoms with Gasteiger partial charge in [0.25, 0.3) is 0 Å². The van der Waals surface area contributed by atoms with Crippen molar-refractivity contribution in [2.75, 3.05) is 12.4 Å². The van der Waals surface area contributed by atoms with E-state index in [0.717, 1.165) is 21.6 Å². The molecule has 1 heterocycles. The molecule has 1 aliphatic heterocycles. The Bertz CT molecular complexity index is 352. The fraction of sp³-hybridized carbons (Fsp3) is 0.364. The third-order valence-electron chi connectivity index (χ3n) is 2.11. The zero-order chi connectivity index (χ0) is 10.7. The first-order valence-electron chi connectivity index (χ1n) is 4.72. The molecule has 4 heteroatoms. The summed E-state index contributed by atoms with van der Waals surface area (Å²) in [6.45, 7) is 2.92. The monoisotopic (exact) mass is 256 g/mol. The third kappa shape index (κ3) is 3.13. The summed E-state index contributed by atoms with van der Waals surface area (Å²) in [6.07, 6.45) is 0. The molecule has 1 aromatic rings. The van der Waals surface area contributed by atoms with Crippen molar-refractivity contribution in [3.05, 3.63) is 30.3 Å². The second-order valence-electron chi connectivity index (χ2n) is 3.69. The molecule has 0 spiro atoms. The van der Waals surface area contributed by atoms with E-state index in [9.17, 15) is 0 Å². The Morgan fingerprint density at radius 2 is 2.13 bits per heavy atom. The van der Waals surface area contributed by atoms with Crippen LogP contribution in [0.2, 0.25) is 0 Å². The van der Waals surface area contributed by atoms with Crippen LogP contribution in [0.3, 0.4) is 0 Å². The first-order chi connectivity index (χ1) is 7.18. The molecule has 80 valence electrons. The van der Waals surface area contributed by atoms with E-state index in [1.54, 1.807) is 23.5 Å². The lowest BCUT2D eigenvalue weighted by molar-refractivity contribution is 0.290. The Kier molecular flexibility index (Phi) is 3.59. The molecule has 0 aromatic heterocycles. The predicted molar refractivity (Wildman–Crippen MR) is 73.0 cm³/mol. The first kappa shape index (κ1) is 11.3. The Labute approximate surface area is 104 Å². The minimum atomic E-state index is 0.136. The molecule has 1 fully saturated rings. The largest absolute Gasteiger partial charge is 0.492 e. The number of hydrogen-bond acceptors (Lipinski definition) is 4. The van der Waals surface area contributed by atoms with E-state index in [2.05, 4.69) is 6.92 Å². The van der Waals surface area contributed by atoms with Crippen LogP contribution in [0.5, 0.6) is 5.75 Å². The van der Waals surface area contributed by atoms with Crippen molar-refractivity contribution in [3.8, 4) is 5.75 Å². The van der Waals surface area contributed by atoms with Gasteiger partial charge in [0.1, 0.15) is 15.9 Å². The maximum atomic E-state index is 5.75. The van der Waals surface area contributed by atoms with Gasteiger partial charge in [0.2, 0.25) is 0 Å². The van der Waals surface area contributed by atoms with Crippen molar-refractivity contribution in [3.63, 3.8) is 0 Å². The molecule has 1 aliphatic rings. The number of para-hydroxylation sites is 1. The van der Waals surface area contributed by atoms with Gasteiger partial charge in [0, 0.05) is 5.75 Å². The zero-order valence-corrected chi connectivity index (χ0v) is 10.9. The van der Waals surface area contributed by atoms with Gasteiger partial charge in [-0.25, -0.2) is 0 Å². The van der Waals surface area contributed by atoms with Gasteiger partial charge in [-0.05, 0) is 19.1 Å². The SMILES string of the molecule is CC1(COc2ccccc2)CSC(=S)S1. The van der Waals surface area contributed by atoms with Crippen LogP contribution < -0.4 is 4.74 Å². The van der Waals surface area contributed by atoms with Gasteiger partial charge in [-0.15, -0.1) is 11.8 Å². The number of ether oxygens (including phenoxy) is 1. The Balaban J connectivity index is 1.91. The van der Waals surface area contributed by atoms with Crippen LogP contribution in [0.1, 0.15) is 6.92 Å². The molecule has 2 rings (SSSR count). The summed E-state index contributed by atoms with van der Waals surface area (Å²) in [5.74, 6) is 1.98. The molecule has 1 nitrogen and oxygen atoms in total. The molecule has 15 heavy (non-hydrogen) atoms. The average molecular weight is 256 g/mol. The molecule has 1 aromatic carbocycles. The Morgan fingerprint density at radius 1 is 1.40 bits per heavy atom. The molecule has 0 aliphatic carbocycles. The Morgan fingerprint density at radius 3 is 2.73 bits per heavy atom. The summed E-state index contributed by atoms with van der Waals surface area (Å²) in [4.78, 5) is 0. The maximum absolute atomic E-state index is 5.75. The number of thioether (sulfide) groups is 2. The molecule has 0 N–H and O–H groups in total. The second-order valence-corrected chi connectivity index (χ2v) is 7.46. The van der Waals surface area contributed by atoms with Gasteiger partial charge in [-0.3, -0.25) is 0 Å². The minimum Gasteiger partial charge on any atom is -0.492 e. The number of benzene rings is 1. The molecule has 0 saturated carbocycles. The van der Waals surface area contributed by atoms with Gasteiger partial charge in [0.15, 0.2) is 0 Å². The van der Waals surface area contributed by atoms with Crippen LogP contribution in [0.4, 0.5) is 0 Å².